The summed E-state index contributed by atoms with van der Waals surface area (Å²) >= 11 is 0. The second kappa shape index (κ2) is 7.22. The summed E-state index contributed by atoms with van der Waals surface area (Å²) in [5.41, 5.74) is 6.58. The Bertz CT molecular complexity index is 541. The predicted molar refractivity (Wildman–Crippen MR) is 84.8 cm³/mol. The van der Waals surface area contributed by atoms with Gasteiger partial charge in [0.1, 0.15) is 5.69 Å². The van der Waals surface area contributed by atoms with Crippen LogP contribution in [0.1, 0.15) is 19.8 Å². The van der Waals surface area contributed by atoms with Gasteiger partial charge in [-0.15, -0.1) is 0 Å². The zero-order valence-electron chi connectivity index (χ0n) is 12.8. The lowest BCUT2D eigenvalue weighted by atomic mass is 10.1. The van der Waals surface area contributed by atoms with Gasteiger partial charge in [0.15, 0.2) is 0 Å². The monoisotopic (exact) mass is 306 g/mol. The smallest absolute Gasteiger partial charge is 0.292 e. The third kappa shape index (κ3) is 3.54. The molecular formula is C15H22N4O3. The molecule has 1 saturated heterocycles. The summed E-state index contributed by atoms with van der Waals surface area (Å²) in [6, 6.07) is 6.26. The number of carbonyl (C=O) groups is 1. The number of benzene rings is 1. The Morgan fingerprint density at radius 1 is 1.32 bits per heavy atom. The van der Waals surface area contributed by atoms with Crippen molar-refractivity contribution in [2.45, 2.75) is 25.8 Å². The highest BCUT2D eigenvalue weighted by Crippen LogP contribution is 2.28. The Hall–Kier alpha value is -2.15. The van der Waals surface area contributed by atoms with Crippen LogP contribution in [0.5, 0.6) is 0 Å². The molecule has 1 aliphatic heterocycles. The molecule has 1 unspecified atom stereocenters. The van der Waals surface area contributed by atoms with Crippen LogP contribution in [0.3, 0.4) is 0 Å². The van der Waals surface area contributed by atoms with Gasteiger partial charge in [-0.05, 0) is 12.5 Å². The molecule has 1 aliphatic rings. The molecule has 0 bridgehead atoms. The van der Waals surface area contributed by atoms with E-state index >= 15 is 0 Å². The first-order valence-electron chi connectivity index (χ1n) is 7.57. The molecule has 120 valence electrons. The molecule has 0 radical (unpaired) electrons. The zero-order valence-corrected chi connectivity index (χ0v) is 12.8. The Morgan fingerprint density at radius 3 is 2.55 bits per heavy atom. The fourth-order valence-electron chi connectivity index (χ4n) is 2.72. The minimum absolute atomic E-state index is 0.0240. The number of nitrogens with zero attached hydrogens (tertiary/aromatic N) is 3. The minimum Gasteiger partial charge on any atom is -0.362 e. The van der Waals surface area contributed by atoms with E-state index in [1.807, 2.05) is 11.8 Å². The first-order chi connectivity index (χ1) is 10.5. The molecule has 1 amide bonds. The van der Waals surface area contributed by atoms with E-state index in [9.17, 15) is 14.9 Å². The summed E-state index contributed by atoms with van der Waals surface area (Å²) in [6.45, 7) is 4.25. The van der Waals surface area contributed by atoms with Crippen LogP contribution in [0.25, 0.3) is 0 Å². The Morgan fingerprint density at radius 2 is 1.95 bits per heavy atom. The molecule has 1 atom stereocenters. The van der Waals surface area contributed by atoms with Gasteiger partial charge in [-0.1, -0.05) is 25.5 Å². The van der Waals surface area contributed by atoms with Crippen LogP contribution < -0.4 is 10.6 Å². The topological polar surface area (TPSA) is 92.7 Å². The maximum Gasteiger partial charge on any atom is 0.292 e. The van der Waals surface area contributed by atoms with Crippen molar-refractivity contribution in [2.75, 3.05) is 31.1 Å². The molecule has 1 heterocycles. The highest BCUT2D eigenvalue weighted by Gasteiger charge is 2.27. The molecule has 7 heteroatoms. The number of carbonyl (C=O) groups excluding carboxylic acids is 1. The molecular weight excluding hydrogens is 284 g/mol. The molecule has 2 N–H and O–H groups in total. The molecule has 1 aromatic carbocycles. The summed E-state index contributed by atoms with van der Waals surface area (Å²) in [7, 11) is 0. The van der Waals surface area contributed by atoms with Crippen LogP contribution in [0.4, 0.5) is 11.4 Å². The van der Waals surface area contributed by atoms with Crippen molar-refractivity contribution in [3.63, 3.8) is 0 Å². The van der Waals surface area contributed by atoms with Crippen LogP contribution in [0.2, 0.25) is 0 Å². The first-order valence-corrected chi connectivity index (χ1v) is 7.57. The van der Waals surface area contributed by atoms with Crippen molar-refractivity contribution >= 4 is 17.3 Å². The average Bonchev–Trinajstić information content (AvgIpc) is 2.54. The first kappa shape index (κ1) is 16.2. The van der Waals surface area contributed by atoms with E-state index in [1.54, 1.807) is 23.1 Å². The van der Waals surface area contributed by atoms with E-state index < -0.39 is 6.04 Å². The lowest BCUT2D eigenvalue weighted by molar-refractivity contribution is -0.384. The fraction of sp³-hybridized carbons (Fsp3) is 0.533. The summed E-state index contributed by atoms with van der Waals surface area (Å²) in [6.07, 6.45) is 1.56. The van der Waals surface area contributed by atoms with Gasteiger partial charge in [-0.25, -0.2) is 0 Å². The molecule has 0 saturated carbocycles. The Balaban J connectivity index is 2.01. The predicted octanol–water partition coefficient (Wildman–Crippen LogP) is 1.37. The lowest BCUT2D eigenvalue weighted by Crippen LogP contribution is -2.53. The molecule has 7 nitrogen and oxygen atoms in total. The Labute approximate surface area is 129 Å². The van der Waals surface area contributed by atoms with Gasteiger partial charge in [0.2, 0.25) is 5.91 Å². The van der Waals surface area contributed by atoms with Crippen LogP contribution in [-0.2, 0) is 4.79 Å². The van der Waals surface area contributed by atoms with Crippen LogP contribution >= 0.6 is 0 Å². The molecule has 1 aromatic rings. The normalized spacial score (nSPS) is 16.5. The summed E-state index contributed by atoms with van der Waals surface area (Å²) in [4.78, 5) is 26.6. The molecule has 1 fully saturated rings. The third-order valence-corrected chi connectivity index (χ3v) is 3.93. The number of anilines is 1. The minimum atomic E-state index is -0.442. The van der Waals surface area contributed by atoms with E-state index in [4.69, 9.17) is 5.73 Å². The number of nitro benzene ring substituents is 1. The molecule has 0 spiro atoms. The number of piperazine rings is 1. The van der Waals surface area contributed by atoms with Crippen LogP contribution in [0.15, 0.2) is 24.3 Å². The maximum atomic E-state index is 12.2. The van der Waals surface area contributed by atoms with Crippen LogP contribution in [0, 0.1) is 10.1 Å². The number of nitrogens with two attached hydrogens (primary N) is 1. The standard InChI is InChI=1S/C15H22N4O3/c1-2-5-12(16)15(20)18-10-8-17(9-11-18)13-6-3-4-7-14(13)19(21)22/h3-4,6-7,12H,2,5,8-11,16H2,1H3. The van der Waals surface area contributed by atoms with E-state index in [0.717, 1.165) is 6.42 Å². The molecule has 0 aliphatic carbocycles. The summed E-state index contributed by atoms with van der Waals surface area (Å²) in [5.74, 6) is -0.0240. The molecule has 2 rings (SSSR count). The van der Waals surface area contributed by atoms with E-state index in [2.05, 4.69) is 0 Å². The van der Waals surface area contributed by atoms with Gasteiger partial charge in [-0.2, -0.15) is 0 Å². The van der Waals surface area contributed by atoms with Gasteiger partial charge in [-0.3, -0.25) is 14.9 Å². The summed E-state index contributed by atoms with van der Waals surface area (Å²) in [5, 5.41) is 11.1. The number of hydrogen-bond acceptors (Lipinski definition) is 5. The number of hydrogen-bond donors (Lipinski definition) is 1. The van der Waals surface area contributed by atoms with Crippen molar-refractivity contribution in [2.24, 2.45) is 5.73 Å². The van der Waals surface area contributed by atoms with Gasteiger partial charge in [0.25, 0.3) is 5.69 Å². The number of nitro groups is 1. The van der Waals surface area contributed by atoms with E-state index in [-0.39, 0.29) is 16.5 Å². The number of amides is 1. The zero-order chi connectivity index (χ0) is 16.1. The second-order valence-corrected chi connectivity index (χ2v) is 5.45. The van der Waals surface area contributed by atoms with Crippen molar-refractivity contribution in [1.29, 1.82) is 0 Å². The molecule has 0 aromatic heterocycles. The van der Waals surface area contributed by atoms with Crippen molar-refractivity contribution in [3.8, 4) is 0 Å². The van der Waals surface area contributed by atoms with Gasteiger partial charge in [0.05, 0.1) is 11.0 Å². The highest BCUT2D eigenvalue weighted by molar-refractivity contribution is 5.82. The quantitative estimate of drug-likeness (QED) is 0.655. The summed E-state index contributed by atoms with van der Waals surface area (Å²) < 4.78 is 0. The Kier molecular flexibility index (Phi) is 5.32. The average molecular weight is 306 g/mol. The maximum absolute atomic E-state index is 12.2. The number of para-hydroxylation sites is 2. The second-order valence-electron chi connectivity index (χ2n) is 5.45. The van der Waals surface area contributed by atoms with Crippen molar-refractivity contribution in [3.05, 3.63) is 34.4 Å². The molecule has 22 heavy (non-hydrogen) atoms. The van der Waals surface area contributed by atoms with Crippen molar-refractivity contribution in [1.82, 2.24) is 4.90 Å². The van der Waals surface area contributed by atoms with E-state index in [1.165, 1.54) is 6.07 Å². The largest absolute Gasteiger partial charge is 0.362 e. The van der Waals surface area contributed by atoms with Gasteiger partial charge >= 0.3 is 0 Å². The fourth-order valence-corrected chi connectivity index (χ4v) is 2.72. The SMILES string of the molecule is CCCC(N)C(=O)N1CCN(c2ccccc2[N+](=O)[O-])CC1. The van der Waals surface area contributed by atoms with Crippen LogP contribution in [-0.4, -0.2) is 48.0 Å². The highest BCUT2D eigenvalue weighted by atomic mass is 16.6. The lowest BCUT2D eigenvalue weighted by Gasteiger charge is -2.36. The van der Waals surface area contributed by atoms with Crippen molar-refractivity contribution < 1.29 is 9.72 Å². The van der Waals surface area contributed by atoms with E-state index in [0.29, 0.717) is 38.3 Å². The van der Waals surface area contributed by atoms with Gasteiger partial charge < -0.3 is 15.5 Å². The number of rotatable bonds is 5. The van der Waals surface area contributed by atoms with Gasteiger partial charge in [0, 0.05) is 32.2 Å². The third-order valence-electron chi connectivity index (χ3n) is 3.93.